The van der Waals surface area contributed by atoms with E-state index in [1.807, 2.05) is 13.0 Å². The number of carbonyl (C=O) groups excluding carboxylic acids is 1. The third-order valence-corrected chi connectivity index (χ3v) is 2.97. The van der Waals surface area contributed by atoms with Crippen LogP contribution in [-0.4, -0.2) is 43.2 Å². The van der Waals surface area contributed by atoms with Gasteiger partial charge in [-0.25, -0.2) is 0 Å². The fourth-order valence-electron chi connectivity index (χ4n) is 1.67. The van der Waals surface area contributed by atoms with Crippen LogP contribution in [-0.2, 0) is 16.1 Å². The molecule has 0 bridgehead atoms. The lowest BCUT2D eigenvalue weighted by Gasteiger charge is -2.39. The lowest BCUT2D eigenvalue weighted by Crippen LogP contribution is -2.59. The Morgan fingerprint density at radius 3 is 2.94 bits per heavy atom. The number of ether oxygens (including phenoxy) is 1. The highest BCUT2D eigenvalue weighted by Gasteiger charge is 2.33. The van der Waals surface area contributed by atoms with E-state index in [-0.39, 0.29) is 18.1 Å². The van der Waals surface area contributed by atoms with Gasteiger partial charge >= 0.3 is 0 Å². The molecule has 0 atom stereocenters. The summed E-state index contributed by atoms with van der Waals surface area (Å²) in [5.41, 5.74) is 0.809. The summed E-state index contributed by atoms with van der Waals surface area (Å²) >= 11 is 0. The highest BCUT2D eigenvalue weighted by molar-refractivity contribution is 5.77. The van der Waals surface area contributed by atoms with Crippen LogP contribution in [0.4, 0.5) is 0 Å². The van der Waals surface area contributed by atoms with Crippen LogP contribution in [0.3, 0.4) is 0 Å². The smallest absolute Gasteiger partial charge is 0.248 e. The molecule has 1 saturated heterocycles. The molecule has 94 valence electrons. The van der Waals surface area contributed by atoms with Crippen molar-refractivity contribution in [3.8, 4) is 0 Å². The number of rotatable bonds is 5. The third-order valence-electron chi connectivity index (χ3n) is 2.97. The Morgan fingerprint density at radius 1 is 1.65 bits per heavy atom. The molecule has 0 unspecified atom stereocenters. The number of amides is 1. The van der Waals surface area contributed by atoms with Gasteiger partial charge in [-0.3, -0.25) is 4.79 Å². The van der Waals surface area contributed by atoms with E-state index in [4.69, 9.17) is 9.15 Å². The van der Waals surface area contributed by atoms with E-state index in [1.165, 1.54) is 0 Å². The fraction of sp³-hybridized carbons (Fsp3) is 0.583. The minimum Gasteiger partial charge on any atom is -0.472 e. The molecule has 1 aromatic rings. The Balaban J connectivity index is 1.75. The van der Waals surface area contributed by atoms with Crippen molar-refractivity contribution >= 4 is 5.91 Å². The topological polar surface area (TPSA) is 54.7 Å². The van der Waals surface area contributed by atoms with Gasteiger partial charge < -0.3 is 19.4 Å². The number of likely N-dealkylation sites (N-methyl/N-ethyl adjacent to an activating group) is 1. The standard InChI is InChI=1S/C12H18N2O3/c1-12(8-13-9-12)17-7-11(15)14(2)5-10-3-4-16-6-10/h3-4,6,13H,5,7-9H2,1-2H3. The van der Waals surface area contributed by atoms with Crippen molar-refractivity contribution in [2.24, 2.45) is 0 Å². The molecule has 1 fully saturated rings. The van der Waals surface area contributed by atoms with Crippen LogP contribution in [0.15, 0.2) is 23.0 Å². The van der Waals surface area contributed by atoms with Crippen LogP contribution in [0.5, 0.6) is 0 Å². The second-order valence-corrected chi connectivity index (χ2v) is 4.72. The van der Waals surface area contributed by atoms with Crippen LogP contribution >= 0.6 is 0 Å². The fourth-order valence-corrected chi connectivity index (χ4v) is 1.67. The Kier molecular flexibility index (Phi) is 3.49. The van der Waals surface area contributed by atoms with Gasteiger partial charge in [0.05, 0.1) is 18.1 Å². The summed E-state index contributed by atoms with van der Waals surface area (Å²) in [5, 5.41) is 3.13. The zero-order chi connectivity index (χ0) is 12.3. The number of nitrogens with zero attached hydrogens (tertiary/aromatic N) is 1. The molecule has 2 heterocycles. The monoisotopic (exact) mass is 238 g/mol. The van der Waals surface area contributed by atoms with Crippen molar-refractivity contribution in [1.29, 1.82) is 0 Å². The number of hydrogen-bond acceptors (Lipinski definition) is 4. The number of carbonyl (C=O) groups is 1. The van der Waals surface area contributed by atoms with E-state index >= 15 is 0 Å². The molecule has 1 aromatic heterocycles. The first kappa shape index (κ1) is 12.1. The van der Waals surface area contributed by atoms with Gasteiger partial charge in [0.2, 0.25) is 5.91 Å². The summed E-state index contributed by atoms with van der Waals surface area (Å²) in [4.78, 5) is 13.4. The zero-order valence-corrected chi connectivity index (χ0v) is 10.2. The van der Waals surface area contributed by atoms with E-state index in [1.54, 1.807) is 24.5 Å². The highest BCUT2D eigenvalue weighted by Crippen LogP contribution is 2.15. The quantitative estimate of drug-likeness (QED) is 0.817. The second-order valence-electron chi connectivity index (χ2n) is 4.72. The Hall–Kier alpha value is -1.33. The number of furan rings is 1. The lowest BCUT2D eigenvalue weighted by atomic mass is 10.0. The Labute approximate surface area is 101 Å². The maximum Gasteiger partial charge on any atom is 0.248 e. The maximum absolute atomic E-state index is 11.8. The molecule has 5 heteroatoms. The summed E-state index contributed by atoms with van der Waals surface area (Å²) < 4.78 is 10.5. The molecule has 1 N–H and O–H groups in total. The van der Waals surface area contributed by atoms with Crippen molar-refractivity contribution in [2.45, 2.75) is 19.1 Å². The highest BCUT2D eigenvalue weighted by atomic mass is 16.5. The van der Waals surface area contributed by atoms with Crippen LogP contribution in [0.2, 0.25) is 0 Å². The van der Waals surface area contributed by atoms with Crippen molar-refractivity contribution in [2.75, 3.05) is 26.7 Å². The van der Waals surface area contributed by atoms with E-state index in [0.29, 0.717) is 6.54 Å². The van der Waals surface area contributed by atoms with E-state index < -0.39 is 0 Å². The lowest BCUT2D eigenvalue weighted by molar-refractivity contribution is -0.145. The van der Waals surface area contributed by atoms with Gasteiger partial charge in [-0.2, -0.15) is 0 Å². The molecule has 0 spiro atoms. The van der Waals surface area contributed by atoms with Gasteiger partial charge in [0, 0.05) is 32.2 Å². The molecule has 1 amide bonds. The van der Waals surface area contributed by atoms with Crippen LogP contribution < -0.4 is 5.32 Å². The minimum atomic E-state index is -0.174. The molecule has 2 rings (SSSR count). The number of nitrogens with one attached hydrogen (secondary N) is 1. The predicted molar refractivity (Wildman–Crippen MR) is 62.4 cm³/mol. The SMILES string of the molecule is CN(Cc1ccoc1)C(=O)COC1(C)CNC1. The van der Waals surface area contributed by atoms with Gasteiger partial charge in [0.1, 0.15) is 6.61 Å². The predicted octanol–water partition coefficient (Wildman–Crippen LogP) is 0.617. The van der Waals surface area contributed by atoms with Gasteiger partial charge in [0.25, 0.3) is 0 Å². The van der Waals surface area contributed by atoms with E-state index in [0.717, 1.165) is 18.7 Å². The van der Waals surface area contributed by atoms with Crippen molar-refractivity contribution in [3.63, 3.8) is 0 Å². The minimum absolute atomic E-state index is 0.0145. The van der Waals surface area contributed by atoms with Crippen molar-refractivity contribution in [3.05, 3.63) is 24.2 Å². The van der Waals surface area contributed by atoms with Crippen LogP contribution in [0.25, 0.3) is 0 Å². The molecular weight excluding hydrogens is 220 g/mol. The van der Waals surface area contributed by atoms with Gasteiger partial charge in [0.15, 0.2) is 0 Å². The average Bonchev–Trinajstić information content (AvgIpc) is 2.75. The molecule has 0 aromatic carbocycles. The van der Waals surface area contributed by atoms with Crippen LogP contribution in [0, 0.1) is 0 Å². The second kappa shape index (κ2) is 4.89. The maximum atomic E-state index is 11.8. The molecule has 0 radical (unpaired) electrons. The molecular formula is C12H18N2O3. The summed E-state index contributed by atoms with van der Waals surface area (Å²) in [6.45, 7) is 4.31. The van der Waals surface area contributed by atoms with E-state index in [2.05, 4.69) is 5.32 Å². The van der Waals surface area contributed by atoms with Crippen LogP contribution in [0.1, 0.15) is 12.5 Å². The molecule has 1 aliphatic rings. The molecule has 17 heavy (non-hydrogen) atoms. The summed E-state index contributed by atoms with van der Waals surface area (Å²) in [7, 11) is 1.76. The molecule has 5 nitrogen and oxygen atoms in total. The molecule has 1 aliphatic heterocycles. The normalized spacial score (nSPS) is 17.5. The van der Waals surface area contributed by atoms with E-state index in [9.17, 15) is 4.79 Å². The summed E-state index contributed by atoms with van der Waals surface area (Å²) in [5.74, 6) is -0.0145. The number of hydrogen-bond donors (Lipinski definition) is 1. The first-order valence-electron chi connectivity index (χ1n) is 5.69. The zero-order valence-electron chi connectivity index (χ0n) is 10.2. The van der Waals surface area contributed by atoms with Gasteiger partial charge in [-0.15, -0.1) is 0 Å². The first-order valence-corrected chi connectivity index (χ1v) is 5.69. The average molecular weight is 238 g/mol. The Morgan fingerprint density at radius 2 is 2.41 bits per heavy atom. The summed E-state index contributed by atoms with van der Waals surface area (Å²) in [6, 6.07) is 1.85. The van der Waals surface area contributed by atoms with Crippen molar-refractivity contribution < 1.29 is 13.9 Å². The summed E-state index contributed by atoms with van der Waals surface area (Å²) in [6.07, 6.45) is 3.24. The molecule has 0 aliphatic carbocycles. The van der Waals surface area contributed by atoms with Gasteiger partial charge in [-0.05, 0) is 13.0 Å². The third kappa shape index (κ3) is 3.08. The first-order chi connectivity index (χ1) is 8.09. The van der Waals surface area contributed by atoms with Crippen molar-refractivity contribution in [1.82, 2.24) is 10.2 Å². The Bertz CT molecular complexity index is 371. The van der Waals surface area contributed by atoms with Gasteiger partial charge in [-0.1, -0.05) is 0 Å². The largest absolute Gasteiger partial charge is 0.472 e. The molecule has 0 saturated carbocycles.